The Morgan fingerprint density at radius 2 is 1.96 bits per heavy atom. The van der Waals surface area contributed by atoms with Crippen molar-refractivity contribution in [2.45, 2.75) is 6.61 Å². The minimum atomic E-state index is 0.0781. The van der Waals surface area contributed by atoms with Crippen molar-refractivity contribution < 1.29 is 13.9 Å². The van der Waals surface area contributed by atoms with Gasteiger partial charge in [0.1, 0.15) is 11.5 Å². The Balaban J connectivity index is 1.69. The van der Waals surface area contributed by atoms with Gasteiger partial charge in [-0.3, -0.25) is 0 Å². The second-order valence-corrected chi connectivity index (χ2v) is 5.18. The first kappa shape index (κ1) is 15.8. The summed E-state index contributed by atoms with van der Waals surface area (Å²) in [6.07, 6.45) is 0. The van der Waals surface area contributed by atoms with Gasteiger partial charge in [-0.25, -0.2) is 0 Å². The Morgan fingerprint density at radius 3 is 2.62 bits per heavy atom. The molecule has 24 heavy (non-hydrogen) atoms. The molecule has 6 nitrogen and oxygen atoms in total. The van der Waals surface area contributed by atoms with Crippen LogP contribution in [0, 0.1) is 11.3 Å². The zero-order valence-corrected chi connectivity index (χ0v) is 13.4. The molecule has 0 N–H and O–H groups in total. The molecule has 0 fully saturated rings. The van der Waals surface area contributed by atoms with Gasteiger partial charge in [-0.2, -0.15) is 5.26 Å². The maximum absolute atomic E-state index is 8.81. The standard InChI is InChI=1S/C17H12ClN3O3/c1-22-13-5-3-12(4-6-13)17-21-20-16(24-17)10-23-15-7-2-11(9-19)8-14(15)18/h2-8H,10H2,1H3. The zero-order valence-electron chi connectivity index (χ0n) is 12.7. The average molecular weight is 342 g/mol. The van der Waals surface area contributed by atoms with Crippen molar-refractivity contribution in [3.05, 3.63) is 58.9 Å². The second-order valence-electron chi connectivity index (χ2n) is 4.78. The first-order chi connectivity index (χ1) is 11.7. The number of hydrogen-bond donors (Lipinski definition) is 0. The molecule has 0 aliphatic carbocycles. The van der Waals surface area contributed by atoms with Gasteiger partial charge in [-0.1, -0.05) is 11.6 Å². The third-order valence-electron chi connectivity index (χ3n) is 3.22. The van der Waals surface area contributed by atoms with E-state index >= 15 is 0 Å². The van der Waals surface area contributed by atoms with Crippen LogP contribution in [0.5, 0.6) is 11.5 Å². The molecule has 2 aromatic carbocycles. The lowest BCUT2D eigenvalue weighted by atomic mass is 10.2. The Bertz CT molecular complexity index is 885. The van der Waals surface area contributed by atoms with Gasteiger partial charge in [0.15, 0.2) is 6.61 Å². The molecule has 120 valence electrons. The van der Waals surface area contributed by atoms with Crippen LogP contribution < -0.4 is 9.47 Å². The van der Waals surface area contributed by atoms with Crippen LogP contribution in [0.2, 0.25) is 5.02 Å². The van der Waals surface area contributed by atoms with Gasteiger partial charge in [0.2, 0.25) is 5.89 Å². The Morgan fingerprint density at radius 1 is 1.17 bits per heavy atom. The van der Waals surface area contributed by atoms with Gasteiger partial charge in [0.25, 0.3) is 5.89 Å². The second kappa shape index (κ2) is 7.02. The summed E-state index contributed by atoms with van der Waals surface area (Å²) in [5, 5.41) is 17.1. The largest absolute Gasteiger partial charge is 0.497 e. The molecule has 0 saturated carbocycles. The number of nitriles is 1. The fourth-order valence-electron chi connectivity index (χ4n) is 1.99. The summed E-state index contributed by atoms with van der Waals surface area (Å²) in [5.74, 6) is 1.90. The summed E-state index contributed by atoms with van der Waals surface area (Å²) in [7, 11) is 1.60. The van der Waals surface area contributed by atoms with Crippen molar-refractivity contribution in [1.29, 1.82) is 5.26 Å². The van der Waals surface area contributed by atoms with E-state index in [1.807, 2.05) is 30.3 Å². The van der Waals surface area contributed by atoms with Crippen LogP contribution in [0.25, 0.3) is 11.5 Å². The highest BCUT2D eigenvalue weighted by molar-refractivity contribution is 6.32. The lowest BCUT2D eigenvalue weighted by Gasteiger charge is -2.05. The van der Waals surface area contributed by atoms with Crippen molar-refractivity contribution in [2.24, 2.45) is 0 Å². The van der Waals surface area contributed by atoms with Gasteiger partial charge in [-0.15, -0.1) is 10.2 Å². The highest BCUT2D eigenvalue weighted by Gasteiger charge is 2.10. The first-order valence-electron chi connectivity index (χ1n) is 6.99. The zero-order chi connectivity index (χ0) is 16.9. The highest BCUT2D eigenvalue weighted by atomic mass is 35.5. The van der Waals surface area contributed by atoms with Gasteiger partial charge in [0.05, 0.1) is 23.8 Å². The number of ether oxygens (including phenoxy) is 2. The molecule has 0 saturated heterocycles. The Kier molecular flexibility index (Phi) is 4.64. The third kappa shape index (κ3) is 3.47. The number of hydrogen-bond acceptors (Lipinski definition) is 6. The van der Waals surface area contributed by atoms with Crippen LogP contribution in [0.15, 0.2) is 46.9 Å². The molecule has 0 radical (unpaired) electrons. The SMILES string of the molecule is COc1ccc(-c2nnc(COc3ccc(C#N)cc3Cl)o2)cc1. The third-order valence-corrected chi connectivity index (χ3v) is 3.51. The van der Waals surface area contributed by atoms with Crippen LogP contribution in [0.1, 0.15) is 11.5 Å². The summed E-state index contributed by atoms with van der Waals surface area (Å²) in [6, 6.07) is 14.1. The molecule has 0 bridgehead atoms. The molecule has 3 aromatic rings. The minimum absolute atomic E-state index is 0.0781. The number of benzene rings is 2. The first-order valence-corrected chi connectivity index (χ1v) is 7.36. The smallest absolute Gasteiger partial charge is 0.254 e. The molecule has 7 heteroatoms. The summed E-state index contributed by atoms with van der Waals surface area (Å²) in [5.41, 5.74) is 1.25. The predicted molar refractivity (Wildman–Crippen MR) is 86.8 cm³/mol. The summed E-state index contributed by atoms with van der Waals surface area (Å²) in [4.78, 5) is 0. The van der Waals surface area contributed by atoms with Crippen molar-refractivity contribution in [2.75, 3.05) is 7.11 Å². The van der Waals surface area contributed by atoms with Gasteiger partial charge >= 0.3 is 0 Å². The monoisotopic (exact) mass is 341 g/mol. The summed E-state index contributed by atoms with van der Waals surface area (Å²) < 4.78 is 16.2. The maximum Gasteiger partial charge on any atom is 0.254 e. The molecule has 0 unspecified atom stereocenters. The van der Waals surface area contributed by atoms with E-state index in [1.54, 1.807) is 19.2 Å². The lowest BCUT2D eigenvalue weighted by Crippen LogP contribution is -1.96. The average Bonchev–Trinajstić information content (AvgIpc) is 3.09. The van der Waals surface area contributed by atoms with E-state index in [0.29, 0.717) is 28.1 Å². The number of aromatic nitrogens is 2. The van der Waals surface area contributed by atoms with E-state index in [2.05, 4.69) is 10.2 Å². The lowest BCUT2D eigenvalue weighted by molar-refractivity contribution is 0.264. The Labute approximate surface area is 143 Å². The van der Waals surface area contributed by atoms with E-state index < -0.39 is 0 Å². The fraction of sp³-hybridized carbons (Fsp3) is 0.118. The maximum atomic E-state index is 8.81. The molecule has 1 aromatic heterocycles. The number of halogens is 1. The highest BCUT2D eigenvalue weighted by Crippen LogP contribution is 2.26. The molecule has 0 atom stereocenters. The molecule has 0 aliphatic heterocycles. The molecule has 3 rings (SSSR count). The van der Waals surface area contributed by atoms with E-state index in [0.717, 1.165) is 11.3 Å². The van der Waals surface area contributed by atoms with Crippen molar-refractivity contribution in [1.82, 2.24) is 10.2 Å². The number of nitrogens with zero attached hydrogens (tertiary/aromatic N) is 3. The van der Waals surface area contributed by atoms with Crippen LogP contribution >= 0.6 is 11.6 Å². The van der Waals surface area contributed by atoms with E-state index in [1.165, 1.54) is 6.07 Å². The minimum Gasteiger partial charge on any atom is -0.497 e. The van der Waals surface area contributed by atoms with Crippen LogP contribution in [0.3, 0.4) is 0 Å². The molecule has 0 aliphatic rings. The Hall–Kier alpha value is -3.04. The van der Waals surface area contributed by atoms with E-state index in [9.17, 15) is 0 Å². The summed E-state index contributed by atoms with van der Waals surface area (Å²) >= 11 is 6.05. The predicted octanol–water partition coefficient (Wildman–Crippen LogP) is 3.85. The number of methoxy groups -OCH3 is 1. The van der Waals surface area contributed by atoms with Crippen LogP contribution in [0.4, 0.5) is 0 Å². The summed E-state index contributed by atoms with van der Waals surface area (Å²) in [6.45, 7) is 0.0781. The number of rotatable bonds is 5. The van der Waals surface area contributed by atoms with Crippen molar-refractivity contribution in [3.8, 4) is 29.0 Å². The normalized spacial score (nSPS) is 10.2. The molecule has 1 heterocycles. The van der Waals surface area contributed by atoms with Crippen molar-refractivity contribution in [3.63, 3.8) is 0 Å². The molecule has 0 amide bonds. The fourth-order valence-corrected chi connectivity index (χ4v) is 2.22. The topological polar surface area (TPSA) is 81.2 Å². The van der Waals surface area contributed by atoms with Gasteiger partial charge in [-0.05, 0) is 42.5 Å². The van der Waals surface area contributed by atoms with E-state index in [-0.39, 0.29) is 6.61 Å². The molecular formula is C17H12ClN3O3. The van der Waals surface area contributed by atoms with Crippen LogP contribution in [-0.2, 0) is 6.61 Å². The quantitative estimate of drug-likeness (QED) is 0.701. The van der Waals surface area contributed by atoms with Gasteiger partial charge < -0.3 is 13.9 Å². The van der Waals surface area contributed by atoms with E-state index in [4.69, 9.17) is 30.8 Å². The van der Waals surface area contributed by atoms with Crippen LogP contribution in [-0.4, -0.2) is 17.3 Å². The van der Waals surface area contributed by atoms with Crippen molar-refractivity contribution >= 4 is 11.6 Å². The molecular weight excluding hydrogens is 330 g/mol. The van der Waals surface area contributed by atoms with Gasteiger partial charge in [0, 0.05) is 5.56 Å². The molecule has 0 spiro atoms.